The molecule has 1 amide bonds. The second-order valence-electron chi connectivity index (χ2n) is 6.59. The Morgan fingerprint density at radius 2 is 1.58 bits per heavy atom. The van der Waals surface area contributed by atoms with E-state index in [0.717, 1.165) is 15.2 Å². The number of ether oxygens (including phenoxy) is 1. The Hall–Kier alpha value is -2.06. The molecule has 4 rings (SSSR count). The molecule has 0 saturated heterocycles. The van der Waals surface area contributed by atoms with E-state index in [2.05, 4.69) is 53.1 Å². The van der Waals surface area contributed by atoms with E-state index in [1.54, 1.807) is 18.2 Å². The largest absolute Gasteiger partial charge is 0.506 e. The van der Waals surface area contributed by atoms with E-state index in [-0.39, 0.29) is 11.7 Å². The summed E-state index contributed by atoms with van der Waals surface area (Å²) in [6, 6.07) is 19.9. The molecule has 0 heterocycles. The first-order chi connectivity index (χ1) is 14.8. The molecule has 4 aromatic carbocycles. The number of nitrogens with one attached hydrogen (secondary N) is 1. The lowest BCUT2D eigenvalue weighted by molar-refractivity contribution is 0.102. The number of hydrogen-bond acceptors (Lipinski definition) is 3. The number of hydrogen-bond donors (Lipinski definition) is 2. The average Bonchev–Trinajstić information content (AvgIpc) is 2.75. The summed E-state index contributed by atoms with van der Waals surface area (Å²) in [5, 5.41) is 15.1. The summed E-state index contributed by atoms with van der Waals surface area (Å²) in [6.45, 7) is 0. The van der Waals surface area contributed by atoms with Crippen molar-refractivity contribution in [3.8, 4) is 17.2 Å². The quantitative estimate of drug-likeness (QED) is 0.239. The van der Waals surface area contributed by atoms with Crippen molar-refractivity contribution in [3.05, 3.63) is 90.7 Å². The van der Waals surface area contributed by atoms with Crippen LogP contribution in [0.5, 0.6) is 17.2 Å². The van der Waals surface area contributed by atoms with Crippen molar-refractivity contribution >= 4 is 81.8 Å². The lowest BCUT2D eigenvalue weighted by Gasteiger charge is -2.13. The molecule has 0 saturated carbocycles. The highest BCUT2D eigenvalue weighted by Gasteiger charge is 2.14. The molecule has 8 heteroatoms. The van der Waals surface area contributed by atoms with Crippen molar-refractivity contribution < 1.29 is 14.6 Å². The monoisotopic (exact) mass is 623 g/mol. The fourth-order valence-corrected chi connectivity index (χ4v) is 4.95. The number of benzene rings is 4. The molecule has 2 N–H and O–H groups in total. The third-order valence-corrected chi connectivity index (χ3v) is 6.84. The first-order valence-corrected chi connectivity index (χ1v) is 11.7. The lowest BCUT2D eigenvalue weighted by atomic mass is 10.1. The molecule has 4 aromatic rings. The molecule has 0 aromatic heterocycles. The number of amides is 1. The van der Waals surface area contributed by atoms with Gasteiger partial charge in [-0.3, -0.25) is 4.79 Å². The zero-order valence-corrected chi connectivity index (χ0v) is 21.1. The number of aromatic hydroxyl groups is 1. The molecule has 31 heavy (non-hydrogen) atoms. The second-order valence-corrected chi connectivity index (χ2v) is 9.50. The third kappa shape index (κ3) is 4.75. The number of phenolic OH excluding ortho intramolecular Hbond substituents is 1. The van der Waals surface area contributed by atoms with E-state index in [4.69, 9.17) is 16.3 Å². The van der Waals surface area contributed by atoms with Crippen molar-refractivity contribution in [1.82, 2.24) is 0 Å². The van der Waals surface area contributed by atoms with Crippen LogP contribution in [-0.2, 0) is 0 Å². The van der Waals surface area contributed by atoms with Crippen LogP contribution in [-0.4, -0.2) is 11.0 Å². The van der Waals surface area contributed by atoms with Gasteiger partial charge in [0.25, 0.3) is 5.91 Å². The van der Waals surface area contributed by atoms with Crippen molar-refractivity contribution in [2.24, 2.45) is 0 Å². The zero-order valence-electron chi connectivity index (χ0n) is 15.6. The van der Waals surface area contributed by atoms with Gasteiger partial charge in [0.15, 0.2) is 0 Å². The van der Waals surface area contributed by atoms with Crippen LogP contribution in [0.15, 0.2) is 80.1 Å². The molecule has 0 aliphatic carbocycles. The Labute approximate surface area is 208 Å². The maximum Gasteiger partial charge on any atom is 0.255 e. The van der Waals surface area contributed by atoms with Crippen molar-refractivity contribution in [3.63, 3.8) is 0 Å². The van der Waals surface area contributed by atoms with Gasteiger partial charge in [0.2, 0.25) is 0 Å². The highest BCUT2D eigenvalue weighted by Crippen LogP contribution is 2.39. The Morgan fingerprint density at radius 3 is 2.29 bits per heavy atom. The SMILES string of the molecule is O=C(Nc1ccc(Oc2ccc3ccccc3c2Br)c(Cl)c1)c1cc(Br)c(O)c(Br)c1. The molecular weight excluding hydrogens is 613 g/mol. The number of carbonyl (C=O) groups is 1. The summed E-state index contributed by atoms with van der Waals surface area (Å²) in [7, 11) is 0. The number of anilines is 1. The number of halogens is 4. The Morgan fingerprint density at radius 1 is 0.903 bits per heavy atom. The van der Waals surface area contributed by atoms with E-state index in [1.807, 2.05) is 36.4 Å². The van der Waals surface area contributed by atoms with Gasteiger partial charge in [-0.1, -0.05) is 41.9 Å². The van der Waals surface area contributed by atoms with Crippen molar-refractivity contribution in [1.29, 1.82) is 0 Å². The zero-order chi connectivity index (χ0) is 22.1. The van der Waals surface area contributed by atoms with Crippen LogP contribution < -0.4 is 10.1 Å². The minimum Gasteiger partial charge on any atom is -0.506 e. The molecule has 0 spiro atoms. The minimum absolute atomic E-state index is 0.0287. The summed E-state index contributed by atoms with van der Waals surface area (Å²) < 4.78 is 7.66. The molecule has 0 unspecified atom stereocenters. The van der Waals surface area contributed by atoms with E-state index in [1.165, 1.54) is 12.1 Å². The molecule has 0 bridgehead atoms. The summed E-state index contributed by atoms with van der Waals surface area (Å²) in [6.07, 6.45) is 0. The molecule has 0 fully saturated rings. The van der Waals surface area contributed by atoms with Gasteiger partial charge in [-0.15, -0.1) is 0 Å². The molecule has 0 atom stereocenters. The highest BCUT2D eigenvalue weighted by molar-refractivity contribution is 9.11. The number of fused-ring (bicyclic) bond motifs is 1. The second kappa shape index (κ2) is 9.20. The molecule has 0 aliphatic rings. The first-order valence-electron chi connectivity index (χ1n) is 8.97. The predicted molar refractivity (Wildman–Crippen MR) is 135 cm³/mol. The van der Waals surface area contributed by atoms with Crippen LogP contribution in [0.2, 0.25) is 5.02 Å². The fraction of sp³-hybridized carbons (Fsp3) is 0. The smallest absolute Gasteiger partial charge is 0.255 e. The fourth-order valence-electron chi connectivity index (χ4n) is 2.97. The minimum atomic E-state index is -0.344. The maximum atomic E-state index is 12.6. The van der Waals surface area contributed by atoms with E-state index < -0.39 is 0 Å². The van der Waals surface area contributed by atoms with Crippen LogP contribution in [0.25, 0.3) is 10.8 Å². The highest BCUT2D eigenvalue weighted by atomic mass is 79.9. The van der Waals surface area contributed by atoms with E-state index >= 15 is 0 Å². The van der Waals surface area contributed by atoms with Crippen LogP contribution >= 0.6 is 59.4 Å². The third-order valence-electron chi connectivity index (χ3n) is 4.52. The normalized spacial score (nSPS) is 10.8. The molecular formula is C23H13Br3ClNO3. The lowest BCUT2D eigenvalue weighted by Crippen LogP contribution is -2.12. The first kappa shape index (κ1) is 22.1. The Balaban J connectivity index is 1.55. The van der Waals surface area contributed by atoms with Gasteiger partial charge < -0.3 is 15.2 Å². The van der Waals surface area contributed by atoms with Crippen molar-refractivity contribution in [2.45, 2.75) is 0 Å². The van der Waals surface area contributed by atoms with Crippen LogP contribution in [0.4, 0.5) is 5.69 Å². The van der Waals surface area contributed by atoms with Crippen molar-refractivity contribution in [2.75, 3.05) is 5.32 Å². The molecule has 0 radical (unpaired) electrons. The van der Waals surface area contributed by atoms with Gasteiger partial charge in [-0.2, -0.15) is 0 Å². The summed E-state index contributed by atoms with van der Waals surface area (Å²) in [4.78, 5) is 12.6. The Bertz CT molecular complexity index is 1300. The van der Waals surface area contributed by atoms with Gasteiger partial charge >= 0.3 is 0 Å². The van der Waals surface area contributed by atoms with Crippen LogP contribution in [0, 0.1) is 0 Å². The Kier molecular flexibility index (Phi) is 6.57. The van der Waals surface area contributed by atoms with Crippen LogP contribution in [0.3, 0.4) is 0 Å². The van der Waals surface area contributed by atoms with E-state index in [0.29, 0.717) is 36.7 Å². The average molecular weight is 627 g/mol. The maximum absolute atomic E-state index is 12.6. The van der Waals surface area contributed by atoms with Gasteiger partial charge in [-0.25, -0.2) is 0 Å². The van der Waals surface area contributed by atoms with Crippen LogP contribution in [0.1, 0.15) is 10.4 Å². The summed E-state index contributed by atoms with van der Waals surface area (Å²) in [5.41, 5.74) is 0.883. The van der Waals surface area contributed by atoms with Gasteiger partial charge in [0, 0.05) is 11.3 Å². The van der Waals surface area contributed by atoms with Gasteiger partial charge in [-0.05, 0) is 95.0 Å². The topological polar surface area (TPSA) is 58.6 Å². The summed E-state index contributed by atoms with van der Waals surface area (Å²) >= 11 is 16.5. The predicted octanol–water partition coefficient (Wildman–Crippen LogP) is 8.53. The van der Waals surface area contributed by atoms with E-state index in [9.17, 15) is 9.90 Å². The van der Waals surface area contributed by atoms with Gasteiger partial charge in [0.05, 0.1) is 18.4 Å². The summed E-state index contributed by atoms with van der Waals surface area (Å²) in [5.74, 6) is 0.784. The molecule has 156 valence electrons. The molecule has 4 nitrogen and oxygen atoms in total. The number of carbonyl (C=O) groups excluding carboxylic acids is 1. The number of phenols is 1. The standard InChI is InChI=1S/C23H13Br3ClNO3/c24-16-9-13(10-17(25)22(16)29)23(30)28-14-6-8-19(18(27)11-14)31-20-7-5-12-3-1-2-4-15(12)21(20)26/h1-11,29H,(H,28,30). The number of rotatable bonds is 4. The van der Waals surface area contributed by atoms with Gasteiger partial charge in [0.1, 0.15) is 17.2 Å². The molecule has 0 aliphatic heterocycles.